The topological polar surface area (TPSA) is 134 Å². The third-order valence-corrected chi connectivity index (χ3v) is 8.47. The molecule has 0 spiro atoms. The molecule has 0 aromatic heterocycles. The van der Waals surface area contributed by atoms with Crippen LogP contribution in [0.1, 0.15) is 22.8 Å². The predicted molar refractivity (Wildman–Crippen MR) is 150 cm³/mol. The molecule has 0 saturated carbocycles. The van der Waals surface area contributed by atoms with Crippen LogP contribution in [0, 0.1) is 0 Å². The quantitative estimate of drug-likeness (QED) is 0.314. The zero-order chi connectivity index (χ0) is 28.8. The number of hydrogen-bond donors (Lipinski definition) is 3. The van der Waals surface area contributed by atoms with Crippen LogP contribution >= 0.6 is 11.8 Å². The summed E-state index contributed by atoms with van der Waals surface area (Å²) >= 11 is 1.17. The summed E-state index contributed by atoms with van der Waals surface area (Å²) in [6.07, 6.45) is -1.85. The molecule has 212 valence electrons. The van der Waals surface area contributed by atoms with Gasteiger partial charge in [-0.15, -0.1) is 11.8 Å². The van der Waals surface area contributed by atoms with E-state index in [1.54, 1.807) is 48.5 Å². The molecule has 2 fully saturated rings. The summed E-state index contributed by atoms with van der Waals surface area (Å²) < 4.78 is 11.2. The molecular weight excluding hydrogens is 546 g/mol. The highest BCUT2D eigenvalue weighted by Gasteiger charge is 2.58. The summed E-state index contributed by atoms with van der Waals surface area (Å²) in [6, 6.07) is 26.6. The molecule has 0 bridgehead atoms. The Morgan fingerprint density at radius 2 is 1.51 bits per heavy atom. The lowest BCUT2D eigenvalue weighted by atomic mass is 9.96. The maximum absolute atomic E-state index is 13.4. The van der Waals surface area contributed by atoms with Gasteiger partial charge in [-0.05, 0) is 16.7 Å². The van der Waals surface area contributed by atoms with Crippen LogP contribution < -0.4 is 10.6 Å². The number of alkyl carbamates (subject to hydrolysis) is 1. The molecule has 2 saturated heterocycles. The van der Waals surface area contributed by atoms with Crippen molar-refractivity contribution in [2.75, 3.05) is 12.3 Å². The van der Waals surface area contributed by atoms with Crippen LogP contribution in [0.5, 0.6) is 0 Å². The number of rotatable bonds is 10. The van der Waals surface area contributed by atoms with E-state index in [1.807, 2.05) is 42.5 Å². The van der Waals surface area contributed by atoms with Crippen molar-refractivity contribution < 1.29 is 33.8 Å². The number of carbonyl (C=O) groups is 4. The summed E-state index contributed by atoms with van der Waals surface area (Å²) in [5, 5.41) is 14.8. The Morgan fingerprint density at radius 1 is 0.927 bits per heavy atom. The van der Waals surface area contributed by atoms with E-state index in [-0.39, 0.29) is 25.5 Å². The van der Waals surface area contributed by atoms with E-state index in [0.29, 0.717) is 5.56 Å². The van der Waals surface area contributed by atoms with Crippen LogP contribution in [0.2, 0.25) is 0 Å². The molecule has 3 aromatic carbocycles. The van der Waals surface area contributed by atoms with Gasteiger partial charge in [0.05, 0.1) is 13.2 Å². The van der Waals surface area contributed by atoms with Gasteiger partial charge in [-0.1, -0.05) is 91.0 Å². The lowest BCUT2D eigenvalue weighted by Gasteiger charge is -2.53. The summed E-state index contributed by atoms with van der Waals surface area (Å²) in [5.41, 5.74) is 0.562. The van der Waals surface area contributed by atoms with Crippen molar-refractivity contribution in [3.8, 4) is 0 Å². The predicted octanol–water partition coefficient (Wildman–Crippen LogP) is 3.09. The van der Waals surface area contributed by atoms with Crippen LogP contribution in [0.25, 0.3) is 0 Å². The molecule has 10 nitrogen and oxygen atoms in total. The Hall–Kier alpha value is -4.35. The molecule has 2 heterocycles. The Labute approximate surface area is 241 Å². The van der Waals surface area contributed by atoms with Gasteiger partial charge in [-0.3, -0.25) is 9.59 Å². The number of hydrogen-bond acceptors (Lipinski definition) is 7. The Kier molecular flexibility index (Phi) is 8.55. The number of carbonyl (C=O) groups excluding carboxylic acids is 3. The van der Waals surface area contributed by atoms with Crippen molar-refractivity contribution in [3.05, 3.63) is 108 Å². The number of ether oxygens (including phenoxy) is 2. The van der Waals surface area contributed by atoms with E-state index in [9.17, 15) is 24.3 Å². The number of carboxylic acids is 1. The minimum absolute atomic E-state index is 0.0177. The van der Waals surface area contributed by atoms with Crippen LogP contribution in [0.15, 0.2) is 91.0 Å². The van der Waals surface area contributed by atoms with Crippen LogP contribution in [-0.2, 0) is 37.1 Å². The zero-order valence-electron chi connectivity index (χ0n) is 22.0. The number of nitrogens with zero attached hydrogens (tertiary/aromatic N) is 1. The summed E-state index contributed by atoms with van der Waals surface area (Å²) in [7, 11) is 0. The fraction of sp³-hybridized carbons (Fsp3) is 0.267. The fourth-order valence-corrected chi connectivity index (χ4v) is 6.20. The number of benzene rings is 3. The number of fused-ring (bicyclic) bond motifs is 1. The number of nitrogens with one attached hydrogen (secondary N) is 2. The van der Waals surface area contributed by atoms with Crippen molar-refractivity contribution in [3.63, 3.8) is 0 Å². The van der Waals surface area contributed by atoms with Crippen LogP contribution in [0.3, 0.4) is 0 Å². The van der Waals surface area contributed by atoms with E-state index >= 15 is 0 Å². The van der Waals surface area contributed by atoms with Gasteiger partial charge in [0.15, 0.2) is 11.6 Å². The molecule has 3 amide bonds. The highest BCUT2D eigenvalue weighted by molar-refractivity contribution is 8.00. The Balaban J connectivity index is 1.21. The van der Waals surface area contributed by atoms with E-state index in [2.05, 4.69) is 10.6 Å². The number of β-lactam (4-membered cyclic amide) rings is 1. The molecule has 0 aliphatic carbocycles. The fourth-order valence-electron chi connectivity index (χ4n) is 4.72. The van der Waals surface area contributed by atoms with Gasteiger partial charge < -0.3 is 30.1 Å². The number of thioether (sulfide) groups is 1. The van der Waals surface area contributed by atoms with Crippen LogP contribution in [0.4, 0.5) is 4.79 Å². The second-order valence-corrected chi connectivity index (χ2v) is 10.9. The number of aliphatic carboxylic acids is 1. The molecule has 2 aliphatic heterocycles. The monoisotopic (exact) mass is 575 g/mol. The minimum Gasteiger partial charge on any atom is -0.479 e. The minimum atomic E-state index is -1.73. The molecule has 11 heteroatoms. The summed E-state index contributed by atoms with van der Waals surface area (Å²) in [6.45, 7) is -0.0774. The van der Waals surface area contributed by atoms with Crippen molar-refractivity contribution in [2.45, 2.75) is 36.3 Å². The first-order chi connectivity index (χ1) is 19.9. The average molecular weight is 576 g/mol. The van der Waals surface area contributed by atoms with E-state index < -0.39 is 46.9 Å². The molecule has 4 atom stereocenters. The molecule has 5 rings (SSSR count). The molecule has 2 aliphatic rings. The Morgan fingerprint density at radius 3 is 2.12 bits per heavy atom. The Bertz CT molecular complexity index is 1390. The standard InChI is InChI=1S/C30H29N3O7S/c34-25(24(22-14-8-3-9-15-22)39-16-20-10-4-1-5-11-20)31-23-26(35)33-18-30(28(36)37,19-41-27(23)33)32-29(38)40-17-21-12-6-2-7-13-21/h1-15,23-24,27H,16-19H2,(H,31,34)(H,32,38)(H,36,37)/t23?,24?,27-,30?/m1/s1. The third-order valence-electron chi connectivity index (χ3n) is 6.94. The molecule has 3 unspecified atom stereocenters. The molecule has 41 heavy (non-hydrogen) atoms. The van der Waals surface area contributed by atoms with Gasteiger partial charge in [0, 0.05) is 5.75 Å². The number of amides is 3. The number of carboxylic acid groups (broad SMARTS) is 1. The van der Waals surface area contributed by atoms with Crippen molar-refractivity contribution >= 4 is 35.6 Å². The summed E-state index contributed by atoms with van der Waals surface area (Å²) in [5.74, 6) is -2.20. The highest BCUT2D eigenvalue weighted by atomic mass is 32.2. The van der Waals surface area contributed by atoms with Crippen molar-refractivity contribution in [1.29, 1.82) is 0 Å². The lowest BCUT2D eigenvalue weighted by molar-refractivity contribution is -0.157. The first-order valence-electron chi connectivity index (χ1n) is 13.0. The van der Waals surface area contributed by atoms with Gasteiger partial charge in [0.2, 0.25) is 5.91 Å². The van der Waals surface area contributed by atoms with E-state index in [0.717, 1.165) is 11.1 Å². The molecule has 3 aromatic rings. The maximum Gasteiger partial charge on any atom is 0.408 e. The highest BCUT2D eigenvalue weighted by Crippen LogP contribution is 2.39. The van der Waals surface area contributed by atoms with Crippen molar-refractivity contribution in [1.82, 2.24) is 15.5 Å². The smallest absolute Gasteiger partial charge is 0.408 e. The van der Waals surface area contributed by atoms with Gasteiger partial charge in [-0.2, -0.15) is 0 Å². The largest absolute Gasteiger partial charge is 0.479 e. The lowest BCUT2D eigenvalue weighted by Crippen LogP contribution is -2.77. The first kappa shape index (κ1) is 28.2. The van der Waals surface area contributed by atoms with Gasteiger partial charge in [-0.25, -0.2) is 9.59 Å². The maximum atomic E-state index is 13.4. The average Bonchev–Trinajstić information content (AvgIpc) is 3.00. The first-order valence-corrected chi connectivity index (χ1v) is 14.1. The van der Waals surface area contributed by atoms with E-state index in [1.165, 1.54) is 16.7 Å². The second kappa shape index (κ2) is 12.4. The summed E-state index contributed by atoms with van der Waals surface area (Å²) in [4.78, 5) is 52.6. The second-order valence-electron chi connectivity index (χ2n) is 9.82. The molecule has 0 radical (unpaired) electrons. The normalized spacial score (nSPS) is 22.0. The van der Waals surface area contributed by atoms with E-state index in [4.69, 9.17) is 9.47 Å². The van der Waals surface area contributed by atoms with Crippen LogP contribution in [-0.4, -0.2) is 63.1 Å². The van der Waals surface area contributed by atoms with Gasteiger partial charge in [0.25, 0.3) is 5.91 Å². The molecular formula is C30H29N3O7S. The zero-order valence-corrected chi connectivity index (χ0v) is 22.8. The third kappa shape index (κ3) is 6.36. The van der Waals surface area contributed by atoms with Gasteiger partial charge >= 0.3 is 12.1 Å². The SMILES string of the molecule is O=C(NC1(C(=O)O)CS[C@@H]2C(NC(=O)C(OCc3ccccc3)c3ccccc3)C(=O)N2C1)OCc1ccccc1. The molecule has 3 N–H and O–H groups in total. The van der Waals surface area contributed by atoms with Crippen molar-refractivity contribution in [2.24, 2.45) is 0 Å². The van der Waals surface area contributed by atoms with Gasteiger partial charge in [0.1, 0.15) is 18.0 Å².